The molecule has 4 saturated carbocycles. The Kier molecular flexibility index (Phi) is 6.82. The van der Waals surface area contributed by atoms with Crippen LogP contribution < -0.4 is 0 Å². The molecular weight excluding hydrogens is 456 g/mol. The van der Waals surface area contributed by atoms with Gasteiger partial charge in [0, 0.05) is 12.3 Å². The summed E-state index contributed by atoms with van der Waals surface area (Å²) in [4.78, 5) is 12.0. The fourth-order valence-electron chi connectivity index (χ4n) is 11.9. The van der Waals surface area contributed by atoms with Gasteiger partial charge in [0.25, 0.3) is 0 Å². The second-order valence-corrected chi connectivity index (χ2v) is 15.6. The minimum Gasteiger partial charge on any atom is -0.462 e. The summed E-state index contributed by atoms with van der Waals surface area (Å²) in [5.41, 5.74) is 2.85. The van der Waals surface area contributed by atoms with Crippen LogP contribution in [0.15, 0.2) is 11.6 Å². The van der Waals surface area contributed by atoms with Crippen molar-refractivity contribution in [1.29, 1.82) is 0 Å². The largest absolute Gasteiger partial charge is 0.462 e. The number of carbonyl (C=O) groups is 1. The molecule has 5 rings (SSSR count). The Morgan fingerprint density at radius 1 is 0.865 bits per heavy atom. The third-order valence-electron chi connectivity index (χ3n) is 14.3. The van der Waals surface area contributed by atoms with E-state index in [1.54, 1.807) is 12.5 Å². The first kappa shape index (κ1) is 27.7. The van der Waals surface area contributed by atoms with E-state index < -0.39 is 0 Å². The summed E-state index contributed by atoms with van der Waals surface area (Å²) in [6.45, 7) is 18.9. The molecule has 0 spiro atoms. The molecular formula is C34H56O3. The quantitative estimate of drug-likeness (QED) is 0.304. The number of esters is 1. The Labute approximate surface area is 227 Å². The van der Waals surface area contributed by atoms with E-state index >= 15 is 0 Å². The lowest BCUT2D eigenvalue weighted by Gasteiger charge is -2.64. The van der Waals surface area contributed by atoms with E-state index in [9.17, 15) is 9.90 Å². The van der Waals surface area contributed by atoms with Crippen LogP contribution in [0.5, 0.6) is 0 Å². The summed E-state index contributed by atoms with van der Waals surface area (Å²) < 4.78 is 6.00. The van der Waals surface area contributed by atoms with Crippen LogP contribution in [0.1, 0.15) is 132 Å². The highest BCUT2D eigenvalue weighted by atomic mass is 16.5. The molecule has 0 aliphatic heterocycles. The van der Waals surface area contributed by atoms with E-state index in [2.05, 4.69) is 54.5 Å². The number of fused-ring (bicyclic) bond motifs is 6. The lowest BCUT2D eigenvalue weighted by Crippen LogP contribution is -2.59. The molecule has 37 heavy (non-hydrogen) atoms. The monoisotopic (exact) mass is 512 g/mol. The first-order valence-electron chi connectivity index (χ1n) is 15.8. The predicted octanol–water partition coefficient (Wildman–Crippen LogP) is 8.49. The van der Waals surface area contributed by atoms with Crippen LogP contribution >= 0.6 is 0 Å². The molecule has 0 radical (unpaired) electrons. The van der Waals surface area contributed by atoms with Gasteiger partial charge in [-0.15, -0.1) is 0 Å². The summed E-state index contributed by atoms with van der Waals surface area (Å²) >= 11 is 0. The van der Waals surface area contributed by atoms with Crippen molar-refractivity contribution in [3.05, 3.63) is 11.6 Å². The minimum absolute atomic E-state index is 0.0348. The second kappa shape index (κ2) is 9.10. The molecule has 0 amide bonds. The topological polar surface area (TPSA) is 46.5 Å². The average Bonchev–Trinajstić information content (AvgIpc) is 3.00. The van der Waals surface area contributed by atoms with E-state index in [0.29, 0.717) is 34.0 Å². The number of allylic oxidation sites excluding steroid dienone is 2. The van der Waals surface area contributed by atoms with E-state index in [1.165, 1.54) is 44.9 Å². The SMILES string of the molecule is CC[C@]1(C)[C@@H]2CC[C@@]3(C)CC4=CC[C@@H]5[C@](C)(CC[C@H](O)[C@]5(C)CC)[C@H]4CC[C@@H]3[C@@]2(C)CC[C@@H]1OC(C)=O. The molecule has 5 aliphatic carbocycles. The lowest BCUT2D eigenvalue weighted by molar-refractivity contribution is -0.197. The third kappa shape index (κ3) is 3.86. The van der Waals surface area contributed by atoms with E-state index in [4.69, 9.17) is 4.74 Å². The van der Waals surface area contributed by atoms with Gasteiger partial charge in [-0.3, -0.25) is 4.79 Å². The molecule has 4 fully saturated rings. The molecule has 0 aromatic rings. The van der Waals surface area contributed by atoms with Crippen molar-refractivity contribution in [3.63, 3.8) is 0 Å². The van der Waals surface area contributed by atoms with Crippen LogP contribution in [-0.2, 0) is 9.53 Å². The number of hydrogen-bond acceptors (Lipinski definition) is 3. The molecule has 3 heteroatoms. The molecule has 0 heterocycles. The van der Waals surface area contributed by atoms with Gasteiger partial charge in [0.05, 0.1) is 6.10 Å². The number of ether oxygens (including phenoxy) is 1. The molecule has 11 atom stereocenters. The van der Waals surface area contributed by atoms with Crippen molar-refractivity contribution in [2.45, 2.75) is 145 Å². The predicted molar refractivity (Wildman–Crippen MR) is 151 cm³/mol. The first-order valence-corrected chi connectivity index (χ1v) is 15.8. The molecule has 0 unspecified atom stereocenters. The van der Waals surface area contributed by atoms with Gasteiger partial charge >= 0.3 is 5.97 Å². The number of rotatable bonds is 3. The van der Waals surface area contributed by atoms with Gasteiger partial charge < -0.3 is 9.84 Å². The van der Waals surface area contributed by atoms with Crippen LogP contribution in [0.2, 0.25) is 0 Å². The van der Waals surface area contributed by atoms with Gasteiger partial charge in [0.15, 0.2) is 0 Å². The summed E-state index contributed by atoms with van der Waals surface area (Å²) in [5, 5.41) is 11.1. The van der Waals surface area contributed by atoms with Crippen LogP contribution in [-0.4, -0.2) is 23.3 Å². The van der Waals surface area contributed by atoms with Gasteiger partial charge in [-0.05, 0) is 122 Å². The van der Waals surface area contributed by atoms with Crippen LogP contribution in [0.4, 0.5) is 0 Å². The highest BCUT2D eigenvalue weighted by Crippen LogP contribution is 2.71. The molecule has 210 valence electrons. The van der Waals surface area contributed by atoms with Gasteiger partial charge in [-0.1, -0.05) is 60.1 Å². The number of carbonyl (C=O) groups excluding carboxylic acids is 1. The van der Waals surface area contributed by atoms with Gasteiger partial charge in [-0.2, -0.15) is 0 Å². The summed E-state index contributed by atoms with van der Waals surface area (Å²) in [6.07, 6.45) is 16.7. The fourth-order valence-corrected chi connectivity index (χ4v) is 11.9. The number of hydrogen-bond donors (Lipinski definition) is 1. The molecule has 5 aliphatic rings. The van der Waals surface area contributed by atoms with Crippen molar-refractivity contribution in [3.8, 4) is 0 Å². The average molecular weight is 513 g/mol. The standard InChI is InChI=1S/C34H56O3/c1-9-31(5)26-13-11-23-21-30(4)18-15-27-32(6,10-2)29(37-22(3)35)17-20-34(27,8)25(30)14-12-24(23)33(26,7)19-16-28(31)36/h11,24-29,36H,9-10,12-21H2,1-8H3/t24-,25-,26-,27-,28-,29-,30-,31+,32+,33+,34+/m0/s1. The maximum Gasteiger partial charge on any atom is 0.302 e. The summed E-state index contributed by atoms with van der Waals surface area (Å²) in [6, 6.07) is 0. The smallest absolute Gasteiger partial charge is 0.302 e. The van der Waals surface area contributed by atoms with Crippen molar-refractivity contribution in [1.82, 2.24) is 0 Å². The van der Waals surface area contributed by atoms with Crippen molar-refractivity contribution in [2.75, 3.05) is 0 Å². The molecule has 0 bridgehead atoms. The minimum atomic E-state index is -0.157. The Balaban J connectivity index is 1.48. The zero-order valence-corrected chi connectivity index (χ0v) is 25.3. The molecule has 0 saturated heterocycles. The Morgan fingerprint density at radius 3 is 2.19 bits per heavy atom. The van der Waals surface area contributed by atoms with E-state index in [1.807, 2.05) is 0 Å². The molecule has 0 aromatic heterocycles. The molecule has 3 nitrogen and oxygen atoms in total. The zero-order valence-electron chi connectivity index (χ0n) is 25.3. The van der Waals surface area contributed by atoms with E-state index in [0.717, 1.165) is 38.0 Å². The Hall–Kier alpha value is -0.830. The Morgan fingerprint density at radius 2 is 1.54 bits per heavy atom. The van der Waals surface area contributed by atoms with Crippen molar-refractivity contribution >= 4 is 5.97 Å². The van der Waals surface area contributed by atoms with Crippen LogP contribution in [0.25, 0.3) is 0 Å². The second-order valence-electron chi connectivity index (χ2n) is 15.6. The molecule has 0 aromatic carbocycles. The van der Waals surface area contributed by atoms with Crippen LogP contribution in [0, 0.1) is 50.7 Å². The Bertz CT molecular complexity index is 939. The summed E-state index contributed by atoms with van der Waals surface area (Å²) in [7, 11) is 0. The normalized spacial score (nSPS) is 53.5. The first-order chi connectivity index (χ1) is 17.3. The highest BCUT2D eigenvalue weighted by molar-refractivity contribution is 5.66. The lowest BCUT2D eigenvalue weighted by atomic mass is 9.41. The zero-order chi connectivity index (χ0) is 27.0. The molecule has 1 N–H and O–H groups in total. The van der Waals surface area contributed by atoms with Gasteiger partial charge in [-0.25, -0.2) is 0 Å². The van der Waals surface area contributed by atoms with Gasteiger partial charge in [0.2, 0.25) is 0 Å². The maximum absolute atomic E-state index is 12.0. The highest BCUT2D eigenvalue weighted by Gasteiger charge is 2.64. The van der Waals surface area contributed by atoms with Crippen LogP contribution in [0.3, 0.4) is 0 Å². The maximum atomic E-state index is 12.0. The number of aliphatic hydroxyl groups is 1. The van der Waals surface area contributed by atoms with E-state index in [-0.39, 0.29) is 29.0 Å². The third-order valence-corrected chi connectivity index (χ3v) is 14.3. The number of aliphatic hydroxyl groups excluding tert-OH is 1. The van der Waals surface area contributed by atoms with Crippen molar-refractivity contribution < 1.29 is 14.6 Å². The van der Waals surface area contributed by atoms with Crippen molar-refractivity contribution in [2.24, 2.45) is 50.7 Å². The summed E-state index contributed by atoms with van der Waals surface area (Å²) in [5.74, 6) is 2.49. The van der Waals surface area contributed by atoms with Gasteiger partial charge in [0.1, 0.15) is 6.10 Å². The fraction of sp³-hybridized carbons (Fsp3) is 0.912.